The fourth-order valence-corrected chi connectivity index (χ4v) is 5.71. The third kappa shape index (κ3) is 7.90. The topological polar surface area (TPSA) is 148 Å². The van der Waals surface area contributed by atoms with E-state index in [0.29, 0.717) is 5.56 Å². The molecule has 0 aromatic heterocycles. The van der Waals surface area contributed by atoms with Gasteiger partial charge >= 0.3 is 0 Å². The standard InChI is InChI=1S/C33H40FN5O6S/c1-20(22-12-14-25(34)15-13-22)35-30(41)23-17-24(19-26(18-23)39(5)46(6,44)45)31(42)36-27(16-21-10-8-7-9-11-21)29(40)28-32(43)38(4)33(2,3)37-28/h7-15,17-20,27-29,37,40H,16H2,1-6H3,(H,35,41)(H,36,42)/t20-,27?,28?,29?/m1/s1. The molecule has 246 valence electrons. The molecule has 0 spiro atoms. The second-order valence-electron chi connectivity index (χ2n) is 12.1. The Kier molecular flexibility index (Phi) is 10.2. The zero-order valence-corrected chi connectivity index (χ0v) is 27.4. The lowest BCUT2D eigenvalue weighted by Gasteiger charge is -2.29. The number of carbonyl (C=O) groups is 3. The fourth-order valence-electron chi connectivity index (χ4n) is 5.23. The molecule has 3 amide bonds. The van der Waals surface area contributed by atoms with Crippen molar-refractivity contribution in [3.05, 3.63) is 101 Å². The lowest BCUT2D eigenvalue weighted by molar-refractivity contribution is -0.132. The fraction of sp³-hybridized carbons (Fsp3) is 0.364. The molecule has 11 nitrogen and oxygen atoms in total. The van der Waals surface area contributed by atoms with Crippen molar-refractivity contribution in [2.45, 2.75) is 57.1 Å². The van der Waals surface area contributed by atoms with Crippen LogP contribution in [0.5, 0.6) is 0 Å². The summed E-state index contributed by atoms with van der Waals surface area (Å²) in [5.74, 6) is -2.05. The first-order chi connectivity index (χ1) is 21.5. The van der Waals surface area contributed by atoms with Gasteiger partial charge in [0, 0.05) is 25.2 Å². The van der Waals surface area contributed by atoms with Gasteiger partial charge in [0.05, 0.1) is 35.8 Å². The Balaban J connectivity index is 1.67. The highest BCUT2D eigenvalue weighted by molar-refractivity contribution is 7.92. The third-order valence-electron chi connectivity index (χ3n) is 8.33. The number of amides is 3. The van der Waals surface area contributed by atoms with E-state index in [9.17, 15) is 32.3 Å². The molecular formula is C33H40FN5O6S. The number of likely N-dealkylation sites (N-methyl/N-ethyl adjacent to an activating group) is 1. The highest BCUT2D eigenvalue weighted by Crippen LogP contribution is 2.25. The van der Waals surface area contributed by atoms with Gasteiger partial charge in [-0.1, -0.05) is 42.5 Å². The van der Waals surface area contributed by atoms with Crippen LogP contribution in [0.2, 0.25) is 0 Å². The van der Waals surface area contributed by atoms with Crippen molar-refractivity contribution in [1.82, 2.24) is 20.9 Å². The molecule has 46 heavy (non-hydrogen) atoms. The molecule has 4 rings (SSSR count). The predicted octanol–water partition coefficient (Wildman–Crippen LogP) is 2.58. The number of aliphatic hydroxyl groups is 1. The van der Waals surface area contributed by atoms with Crippen LogP contribution in [0.4, 0.5) is 10.1 Å². The van der Waals surface area contributed by atoms with E-state index >= 15 is 0 Å². The lowest BCUT2D eigenvalue weighted by Crippen LogP contribution is -2.55. The zero-order valence-electron chi connectivity index (χ0n) is 26.6. The molecule has 1 heterocycles. The maximum atomic E-state index is 13.8. The number of halogens is 1. The van der Waals surface area contributed by atoms with Gasteiger partial charge in [-0.3, -0.25) is 24.0 Å². The van der Waals surface area contributed by atoms with Crippen molar-refractivity contribution in [1.29, 1.82) is 0 Å². The number of rotatable bonds is 11. The van der Waals surface area contributed by atoms with Crippen LogP contribution < -0.4 is 20.3 Å². The maximum Gasteiger partial charge on any atom is 0.251 e. The zero-order chi connectivity index (χ0) is 34.0. The van der Waals surface area contributed by atoms with E-state index in [1.807, 2.05) is 30.3 Å². The summed E-state index contributed by atoms with van der Waals surface area (Å²) < 4.78 is 39.2. The van der Waals surface area contributed by atoms with Crippen LogP contribution in [0.1, 0.15) is 58.7 Å². The predicted molar refractivity (Wildman–Crippen MR) is 173 cm³/mol. The number of hydrogen-bond donors (Lipinski definition) is 4. The molecule has 1 saturated heterocycles. The molecule has 4 N–H and O–H groups in total. The Bertz CT molecular complexity index is 1700. The monoisotopic (exact) mass is 653 g/mol. The van der Waals surface area contributed by atoms with Crippen molar-refractivity contribution >= 4 is 33.4 Å². The van der Waals surface area contributed by atoms with Crippen LogP contribution in [0.25, 0.3) is 0 Å². The highest BCUT2D eigenvalue weighted by atomic mass is 32.2. The van der Waals surface area contributed by atoms with Crippen molar-refractivity contribution in [3.63, 3.8) is 0 Å². The molecule has 1 fully saturated rings. The normalized spacial score (nSPS) is 18.0. The molecule has 1 aliphatic heterocycles. The molecular weight excluding hydrogens is 613 g/mol. The smallest absolute Gasteiger partial charge is 0.251 e. The lowest BCUT2D eigenvalue weighted by atomic mass is 9.95. The highest BCUT2D eigenvalue weighted by Gasteiger charge is 2.47. The van der Waals surface area contributed by atoms with E-state index in [-0.39, 0.29) is 29.1 Å². The number of hydrogen-bond acceptors (Lipinski definition) is 7. The number of aliphatic hydroxyl groups excluding tert-OH is 1. The van der Waals surface area contributed by atoms with Crippen LogP contribution in [0, 0.1) is 5.82 Å². The number of nitrogens with zero attached hydrogens (tertiary/aromatic N) is 2. The minimum atomic E-state index is -3.78. The van der Waals surface area contributed by atoms with Gasteiger partial charge in [0.25, 0.3) is 11.8 Å². The van der Waals surface area contributed by atoms with Gasteiger partial charge in [-0.15, -0.1) is 0 Å². The average molecular weight is 654 g/mol. The molecule has 0 aliphatic carbocycles. The van der Waals surface area contributed by atoms with Gasteiger partial charge in [0.15, 0.2) is 0 Å². The molecule has 3 unspecified atom stereocenters. The Morgan fingerprint density at radius 3 is 2.11 bits per heavy atom. The van der Waals surface area contributed by atoms with Gasteiger partial charge in [0.1, 0.15) is 11.9 Å². The Labute approximate surface area is 268 Å². The summed E-state index contributed by atoms with van der Waals surface area (Å²) in [6.07, 6.45) is -0.177. The number of nitrogens with one attached hydrogen (secondary N) is 3. The molecule has 1 aliphatic rings. The van der Waals surface area contributed by atoms with Crippen molar-refractivity contribution in [2.75, 3.05) is 24.7 Å². The molecule has 3 aromatic carbocycles. The summed E-state index contributed by atoms with van der Waals surface area (Å²) in [5, 5.41) is 20.3. The summed E-state index contributed by atoms with van der Waals surface area (Å²) in [6.45, 7) is 5.31. The van der Waals surface area contributed by atoms with Crippen LogP contribution in [-0.2, 0) is 21.2 Å². The van der Waals surface area contributed by atoms with E-state index < -0.39 is 57.5 Å². The first-order valence-electron chi connectivity index (χ1n) is 14.7. The van der Waals surface area contributed by atoms with Gasteiger partial charge in [-0.05, 0) is 68.7 Å². The van der Waals surface area contributed by atoms with E-state index in [2.05, 4.69) is 16.0 Å². The first kappa shape index (κ1) is 34.5. The van der Waals surface area contributed by atoms with Gasteiger partial charge in [-0.2, -0.15) is 0 Å². The van der Waals surface area contributed by atoms with Crippen molar-refractivity contribution in [3.8, 4) is 0 Å². The van der Waals surface area contributed by atoms with Gasteiger partial charge in [-0.25, -0.2) is 12.8 Å². The summed E-state index contributed by atoms with van der Waals surface area (Å²) in [6, 6.07) is 16.3. The van der Waals surface area contributed by atoms with Crippen LogP contribution in [-0.4, -0.2) is 80.3 Å². The van der Waals surface area contributed by atoms with E-state index in [4.69, 9.17) is 0 Å². The molecule has 3 aromatic rings. The van der Waals surface area contributed by atoms with Gasteiger partial charge < -0.3 is 20.6 Å². The van der Waals surface area contributed by atoms with E-state index in [1.165, 1.54) is 54.4 Å². The minimum absolute atomic E-state index is 0.00304. The van der Waals surface area contributed by atoms with Crippen LogP contribution >= 0.6 is 0 Å². The molecule has 4 atom stereocenters. The molecule has 0 saturated carbocycles. The summed E-state index contributed by atoms with van der Waals surface area (Å²) in [4.78, 5) is 41.8. The Hall–Kier alpha value is -4.33. The first-order valence-corrected chi connectivity index (χ1v) is 16.6. The SMILES string of the molecule is C[C@@H](NC(=O)c1cc(C(=O)NC(Cc2ccccc2)C(O)C2NC(C)(C)N(C)C2=O)cc(N(C)S(C)(=O)=O)c1)c1ccc(F)cc1. The summed E-state index contributed by atoms with van der Waals surface area (Å²) in [5.41, 5.74) is 0.723. The summed E-state index contributed by atoms with van der Waals surface area (Å²) >= 11 is 0. The molecule has 13 heteroatoms. The number of benzene rings is 3. The second-order valence-corrected chi connectivity index (χ2v) is 14.1. The van der Waals surface area contributed by atoms with Crippen LogP contribution in [0.3, 0.4) is 0 Å². The largest absolute Gasteiger partial charge is 0.389 e. The Morgan fingerprint density at radius 2 is 1.59 bits per heavy atom. The third-order valence-corrected chi connectivity index (χ3v) is 9.54. The summed E-state index contributed by atoms with van der Waals surface area (Å²) in [7, 11) is -0.854. The molecule has 0 bridgehead atoms. The number of sulfonamides is 1. The number of anilines is 1. The Morgan fingerprint density at radius 1 is 1.02 bits per heavy atom. The minimum Gasteiger partial charge on any atom is -0.389 e. The second kappa shape index (κ2) is 13.6. The molecule has 0 radical (unpaired) electrons. The van der Waals surface area contributed by atoms with E-state index in [1.54, 1.807) is 27.8 Å². The average Bonchev–Trinajstić information content (AvgIpc) is 3.22. The maximum absolute atomic E-state index is 13.8. The van der Waals surface area contributed by atoms with Crippen molar-refractivity contribution in [2.24, 2.45) is 0 Å². The van der Waals surface area contributed by atoms with Crippen LogP contribution in [0.15, 0.2) is 72.8 Å². The quantitative estimate of drug-likeness (QED) is 0.249. The van der Waals surface area contributed by atoms with Gasteiger partial charge in [0.2, 0.25) is 15.9 Å². The number of carbonyl (C=O) groups excluding carboxylic acids is 3. The van der Waals surface area contributed by atoms with Crippen molar-refractivity contribution < 1.29 is 32.3 Å². The van der Waals surface area contributed by atoms with E-state index in [0.717, 1.165) is 16.1 Å².